The lowest BCUT2D eigenvalue weighted by molar-refractivity contribution is -0.137. The lowest BCUT2D eigenvalue weighted by atomic mass is 9.93. The van der Waals surface area contributed by atoms with Crippen molar-refractivity contribution in [1.29, 1.82) is 0 Å². The number of piperidine rings is 2. The zero-order valence-electron chi connectivity index (χ0n) is 14.1. The number of aromatic nitrogens is 2. The van der Waals surface area contributed by atoms with Gasteiger partial charge in [0.1, 0.15) is 0 Å². The molecule has 1 amide bonds. The summed E-state index contributed by atoms with van der Waals surface area (Å²) < 4.78 is 1.32. The molecule has 2 aliphatic heterocycles. The molecule has 6 nitrogen and oxygen atoms in total. The summed E-state index contributed by atoms with van der Waals surface area (Å²) in [6.45, 7) is 5.62. The van der Waals surface area contributed by atoms with Crippen molar-refractivity contribution < 1.29 is 4.79 Å². The van der Waals surface area contributed by atoms with Crippen LogP contribution >= 0.6 is 0 Å². The largest absolute Gasteiger partial charge is 0.369 e. The number of rotatable bonds is 2. The average molecular weight is 318 g/mol. The summed E-state index contributed by atoms with van der Waals surface area (Å²) in [6, 6.07) is 1.61. The summed E-state index contributed by atoms with van der Waals surface area (Å²) in [5.74, 6) is 1.06. The molecule has 23 heavy (non-hydrogen) atoms. The standard InChI is InChI=1S/C17H26N4O2/c1-13-5-8-20(9-6-13)17(23)14-4-3-7-21(12-14)15-10-16(22)19(2)18-11-15/h10-11,13-14H,3-9,12H2,1-2H3/t14-/m0/s1. The van der Waals surface area contributed by atoms with E-state index in [1.807, 2.05) is 4.90 Å². The maximum atomic E-state index is 12.8. The van der Waals surface area contributed by atoms with Crippen molar-refractivity contribution in [2.45, 2.75) is 32.6 Å². The Morgan fingerprint density at radius 3 is 2.65 bits per heavy atom. The Kier molecular flexibility index (Phi) is 4.68. The van der Waals surface area contributed by atoms with Crippen molar-refractivity contribution in [3.05, 3.63) is 22.6 Å². The van der Waals surface area contributed by atoms with Crippen molar-refractivity contribution in [3.8, 4) is 0 Å². The van der Waals surface area contributed by atoms with E-state index in [0.29, 0.717) is 12.5 Å². The molecule has 1 aromatic heterocycles. The van der Waals surface area contributed by atoms with E-state index >= 15 is 0 Å². The Balaban J connectivity index is 1.66. The van der Waals surface area contributed by atoms with Gasteiger partial charge in [0.2, 0.25) is 5.91 Å². The van der Waals surface area contributed by atoms with Crippen molar-refractivity contribution in [2.75, 3.05) is 31.1 Å². The van der Waals surface area contributed by atoms with Gasteiger partial charge in [-0.15, -0.1) is 0 Å². The summed E-state index contributed by atoms with van der Waals surface area (Å²) in [4.78, 5) is 28.7. The molecule has 2 aliphatic rings. The molecule has 2 fully saturated rings. The first-order chi connectivity index (χ1) is 11.0. The van der Waals surface area contributed by atoms with Crippen LogP contribution in [0.1, 0.15) is 32.6 Å². The summed E-state index contributed by atoms with van der Waals surface area (Å²) >= 11 is 0. The highest BCUT2D eigenvalue weighted by Crippen LogP contribution is 2.25. The maximum absolute atomic E-state index is 12.8. The number of amides is 1. The number of aryl methyl sites for hydroxylation is 1. The predicted octanol–water partition coefficient (Wildman–Crippen LogP) is 1.26. The average Bonchev–Trinajstić information content (AvgIpc) is 2.57. The first-order valence-corrected chi connectivity index (χ1v) is 8.61. The van der Waals surface area contributed by atoms with Gasteiger partial charge in [0.15, 0.2) is 0 Å². The zero-order chi connectivity index (χ0) is 16.4. The van der Waals surface area contributed by atoms with Crippen LogP contribution in [0.4, 0.5) is 5.69 Å². The van der Waals surface area contributed by atoms with Crippen LogP contribution < -0.4 is 10.5 Å². The van der Waals surface area contributed by atoms with Crippen LogP contribution in [0.3, 0.4) is 0 Å². The Morgan fingerprint density at radius 2 is 1.96 bits per heavy atom. The number of likely N-dealkylation sites (tertiary alicyclic amines) is 1. The van der Waals surface area contributed by atoms with Crippen molar-refractivity contribution in [3.63, 3.8) is 0 Å². The van der Waals surface area contributed by atoms with Crippen LogP contribution in [-0.2, 0) is 11.8 Å². The summed E-state index contributed by atoms with van der Waals surface area (Å²) in [5.41, 5.74) is 0.721. The molecule has 1 aromatic rings. The summed E-state index contributed by atoms with van der Waals surface area (Å²) in [7, 11) is 1.64. The van der Waals surface area contributed by atoms with Crippen molar-refractivity contribution >= 4 is 11.6 Å². The van der Waals surface area contributed by atoms with Gasteiger partial charge >= 0.3 is 0 Å². The van der Waals surface area contributed by atoms with Crippen molar-refractivity contribution in [2.24, 2.45) is 18.9 Å². The SMILES string of the molecule is CC1CCN(C(=O)[C@H]2CCCN(c3cnn(C)c(=O)c3)C2)CC1. The molecule has 0 bridgehead atoms. The van der Waals surface area contributed by atoms with Gasteiger partial charge in [0, 0.05) is 39.3 Å². The lowest BCUT2D eigenvalue weighted by Crippen LogP contribution is -2.47. The van der Waals surface area contributed by atoms with Gasteiger partial charge < -0.3 is 9.80 Å². The van der Waals surface area contributed by atoms with E-state index in [2.05, 4.69) is 16.9 Å². The lowest BCUT2D eigenvalue weighted by Gasteiger charge is -2.38. The number of nitrogens with zero attached hydrogens (tertiary/aromatic N) is 4. The van der Waals surface area contributed by atoms with Gasteiger partial charge in [-0.2, -0.15) is 5.10 Å². The quantitative estimate of drug-likeness (QED) is 0.823. The van der Waals surface area contributed by atoms with Crippen LogP contribution in [0.25, 0.3) is 0 Å². The fourth-order valence-electron chi connectivity index (χ4n) is 3.53. The number of anilines is 1. The molecule has 2 saturated heterocycles. The van der Waals surface area contributed by atoms with E-state index in [-0.39, 0.29) is 11.5 Å². The highest BCUT2D eigenvalue weighted by Gasteiger charge is 2.31. The molecule has 3 heterocycles. The molecular formula is C17H26N4O2. The van der Waals surface area contributed by atoms with Crippen LogP contribution in [0.2, 0.25) is 0 Å². The van der Waals surface area contributed by atoms with Gasteiger partial charge in [-0.1, -0.05) is 6.92 Å². The molecule has 0 aliphatic carbocycles. The molecule has 0 N–H and O–H groups in total. The first kappa shape index (κ1) is 16.0. The number of carbonyl (C=O) groups excluding carboxylic acids is 1. The second-order valence-electron chi connectivity index (χ2n) is 6.97. The minimum absolute atomic E-state index is 0.0428. The molecule has 0 spiro atoms. The second kappa shape index (κ2) is 6.72. The Hall–Kier alpha value is -1.85. The number of carbonyl (C=O) groups is 1. The zero-order valence-corrected chi connectivity index (χ0v) is 14.1. The number of hydrogen-bond acceptors (Lipinski definition) is 4. The van der Waals surface area contributed by atoms with Gasteiger partial charge in [-0.05, 0) is 31.6 Å². The molecule has 3 rings (SSSR count). The summed E-state index contributed by atoms with van der Waals surface area (Å²) in [6.07, 6.45) is 5.87. The van der Waals surface area contributed by atoms with E-state index in [9.17, 15) is 9.59 Å². The van der Waals surface area contributed by atoms with Crippen LogP contribution in [0.5, 0.6) is 0 Å². The second-order valence-corrected chi connectivity index (χ2v) is 6.97. The molecule has 0 unspecified atom stereocenters. The highest BCUT2D eigenvalue weighted by molar-refractivity contribution is 5.80. The molecular weight excluding hydrogens is 292 g/mol. The molecule has 0 aromatic carbocycles. The van der Waals surface area contributed by atoms with E-state index in [1.165, 1.54) is 4.68 Å². The normalized spacial score (nSPS) is 23.1. The van der Waals surface area contributed by atoms with Gasteiger partial charge in [-0.25, -0.2) is 4.68 Å². The Labute approximate surface area is 137 Å². The third-order valence-corrected chi connectivity index (χ3v) is 5.18. The van der Waals surface area contributed by atoms with Crippen LogP contribution in [0, 0.1) is 11.8 Å². The smallest absolute Gasteiger partial charge is 0.268 e. The Morgan fingerprint density at radius 1 is 1.22 bits per heavy atom. The van der Waals surface area contributed by atoms with E-state index in [1.54, 1.807) is 19.3 Å². The molecule has 1 atom stereocenters. The fraction of sp³-hybridized carbons (Fsp3) is 0.706. The minimum Gasteiger partial charge on any atom is -0.369 e. The maximum Gasteiger partial charge on any atom is 0.268 e. The van der Waals surface area contributed by atoms with Gasteiger partial charge in [0.05, 0.1) is 17.8 Å². The highest BCUT2D eigenvalue weighted by atomic mass is 16.2. The van der Waals surface area contributed by atoms with Gasteiger partial charge in [-0.3, -0.25) is 9.59 Å². The van der Waals surface area contributed by atoms with Crippen molar-refractivity contribution in [1.82, 2.24) is 14.7 Å². The molecule has 0 saturated carbocycles. The molecule has 0 radical (unpaired) electrons. The fourth-order valence-corrected chi connectivity index (χ4v) is 3.53. The van der Waals surface area contributed by atoms with Crippen LogP contribution in [-0.4, -0.2) is 46.8 Å². The first-order valence-electron chi connectivity index (χ1n) is 8.61. The van der Waals surface area contributed by atoms with Crippen LogP contribution in [0.15, 0.2) is 17.1 Å². The van der Waals surface area contributed by atoms with E-state index in [4.69, 9.17) is 0 Å². The number of hydrogen-bond donors (Lipinski definition) is 0. The topological polar surface area (TPSA) is 58.4 Å². The third-order valence-electron chi connectivity index (χ3n) is 5.18. The summed E-state index contributed by atoms with van der Waals surface area (Å²) in [5, 5.41) is 4.09. The monoisotopic (exact) mass is 318 g/mol. The minimum atomic E-state index is -0.110. The van der Waals surface area contributed by atoms with E-state index < -0.39 is 0 Å². The molecule has 6 heteroatoms. The Bertz CT molecular complexity index is 619. The molecule has 126 valence electrons. The van der Waals surface area contributed by atoms with Gasteiger partial charge in [0.25, 0.3) is 5.56 Å². The van der Waals surface area contributed by atoms with E-state index in [0.717, 1.165) is 56.9 Å². The predicted molar refractivity (Wildman–Crippen MR) is 89.4 cm³/mol. The third kappa shape index (κ3) is 3.57.